The normalized spacial score (nSPS) is 10.8. The highest BCUT2D eigenvalue weighted by atomic mass is 79.9. The van der Waals surface area contributed by atoms with Gasteiger partial charge >= 0.3 is 0 Å². The third-order valence-electron chi connectivity index (χ3n) is 1.94. The summed E-state index contributed by atoms with van der Waals surface area (Å²) in [7, 11) is 0. The van der Waals surface area contributed by atoms with E-state index in [0.29, 0.717) is 14.6 Å². The van der Waals surface area contributed by atoms with E-state index in [9.17, 15) is 9.90 Å². The second kappa shape index (κ2) is 5.84. The number of carbonyl (C=O) groups is 1. The average molecular weight is 360 g/mol. The number of phenolic OH excluding ortho intramolecular Hbond substituents is 1. The second-order valence-electron chi connectivity index (χ2n) is 3.05. The maximum Gasteiger partial charge on any atom is 0.265 e. The van der Waals surface area contributed by atoms with Crippen LogP contribution >= 0.6 is 31.9 Å². The van der Waals surface area contributed by atoms with E-state index < -0.39 is 5.91 Å². The van der Waals surface area contributed by atoms with E-state index in [-0.39, 0.29) is 11.3 Å². The van der Waals surface area contributed by atoms with Crippen LogP contribution in [0.3, 0.4) is 0 Å². The van der Waals surface area contributed by atoms with Crippen molar-refractivity contribution >= 4 is 43.5 Å². The number of phenols is 1. The fourth-order valence-electron chi connectivity index (χ4n) is 1.07. The van der Waals surface area contributed by atoms with Gasteiger partial charge < -0.3 is 10.4 Å². The molecular formula is C11H8Br2N2O2. The average Bonchev–Trinajstić information content (AvgIpc) is 2.27. The van der Waals surface area contributed by atoms with Crippen LogP contribution in [0.15, 0.2) is 32.7 Å². The van der Waals surface area contributed by atoms with Gasteiger partial charge in [-0.25, -0.2) is 0 Å². The Morgan fingerprint density at radius 1 is 1.47 bits per heavy atom. The lowest BCUT2D eigenvalue weighted by molar-refractivity contribution is -0.112. The number of allylic oxidation sites excluding steroid dienone is 1. The summed E-state index contributed by atoms with van der Waals surface area (Å²) in [5, 5.41) is 20.7. The molecule has 1 aromatic rings. The van der Waals surface area contributed by atoms with Gasteiger partial charge in [0.2, 0.25) is 0 Å². The molecule has 0 saturated carbocycles. The second-order valence-corrected chi connectivity index (χ2v) is 4.76. The maximum absolute atomic E-state index is 11.6. The fourth-order valence-corrected chi connectivity index (χ4v) is 1.84. The van der Waals surface area contributed by atoms with Gasteiger partial charge in [0.05, 0.1) is 10.2 Å². The molecule has 0 heterocycles. The summed E-state index contributed by atoms with van der Waals surface area (Å²) in [6.07, 6.45) is 1.43. The zero-order chi connectivity index (χ0) is 13.0. The Morgan fingerprint density at radius 3 is 2.65 bits per heavy atom. The Balaban J connectivity index is 3.02. The molecule has 0 aliphatic rings. The molecule has 0 atom stereocenters. The highest BCUT2D eigenvalue weighted by Gasteiger charge is 2.12. The molecule has 88 valence electrons. The zero-order valence-corrected chi connectivity index (χ0v) is 12.0. The molecule has 0 aliphatic carbocycles. The molecule has 1 aromatic carbocycles. The van der Waals surface area contributed by atoms with Gasteiger partial charge in [-0.1, -0.05) is 6.08 Å². The number of halogens is 2. The lowest BCUT2D eigenvalue weighted by Gasteiger charge is -2.08. The predicted octanol–water partition coefficient (Wildman–Crippen LogP) is 3.33. The van der Waals surface area contributed by atoms with Crippen LogP contribution in [-0.2, 0) is 4.79 Å². The molecule has 6 heteroatoms. The maximum atomic E-state index is 11.6. The molecule has 4 nitrogen and oxygen atoms in total. The third kappa shape index (κ3) is 3.32. The van der Waals surface area contributed by atoms with E-state index in [1.165, 1.54) is 12.1 Å². The molecule has 0 unspecified atom stereocenters. The highest BCUT2D eigenvalue weighted by molar-refractivity contribution is 9.11. The smallest absolute Gasteiger partial charge is 0.265 e. The van der Waals surface area contributed by atoms with Crippen molar-refractivity contribution < 1.29 is 9.90 Å². The summed E-state index contributed by atoms with van der Waals surface area (Å²) >= 11 is 6.34. The molecule has 1 amide bonds. The van der Waals surface area contributed by atoms with Crippen LogP contribution < -0.4 is 5.32 Å². The summed E-state index contributed by atoms with van der Waals surface area (Å²) in [6.45, 7) is 1.61. The lowest BCUT2D eigenvalue weighted by Crippen LogP contribution is -2.13. The Hall–Kier alpha value is -1.32. The summed E-state index contributed by atoms with van der Waals surface area (Å²) in [5.41, 5.74) is 0.496. The van der Waals surface area contributed by atoms with Gasteiger partial charge in [-0.05, 0) is 50.9 Å². The van der Waals surface area contributed by atoms with Crippen LogP contribution in [0.5, 0.6) is 5.75 Å². The summed E-state index contributed by atoms with van der Waals surface area (Å²) in [6, 6.07) is 4.78. The number of carbonyl (C=O) groups excluding carboxylic acids is 1. The Labute approximate surface area is 115 Å². The molecular weight excluding hydrogens is 352 g/mol. The highest BCUT2D eigenvalue weighted by Crippen LogP contribution is 2.33. The van der Waals surface area contributed by atoms with Gasteiger partial charge in [0.1, 0.15) is 17.4 Å². The molecule has 2 N–H and O–H groups in total. The zero-order valence-electron chi connectivity index (χ0n) is 8.79. The predicted molar refractivity (Wildman–Crippen MR) is 71.5 cm³/mol. The standard InChI is InChI=1S/C11H8Br2N2O2/c1-2-6(5-14)11(17)15-9-3-8(13)10(16)4-7(9)12/h2-4,16H,1H3,(H,15,17). The van der Waals surface area contributed by atoms with Crippen molar-refractivity contribution in [3.8, 4) is 11.8 Å². The van der Waals surface area contributed by atoms with Gasteiger partial charge in [0.15, 0.2) is 0 Å². The molecule has 1 rings (SSSR count). The van der Waals surface area contributed by atoms with Crippen LogP contribution in [0, 0.1) is 11.3 Å². The molecule has 0 fully saturated rings. The topological polar surface area (TPSA) is 73.1 Å². The molecule has 0 aromatic heterocycles. The molecule has 0 radical (unpaired) electrons. The number of amides is 1. The number of anilines is 1. The minimum Gasteiger partial charge on any atom is -0.507 e. The first-order valence-electron chi connectivity index (χ1n) is 4.55. The lowest BCUT2D eigenvalue weighted by atomic mass is 10.2. The van der Waals surface area contributed by atoms with Gasteiger partial charge in [-0.3, -0.25) is 4.79 Å². The van der Waals surface area contributed by atoms with Crippen molar-refractivity contribution in [2.45, 2.75) is 6.92 Å². The van der Waals surface area contributed by atoms with Gasteiger partial charge in [0, 0.05) is 4.47 Å². The number of hydrogen-bond acceptors (Lipinski definition) is 3. The summed E-state index contributed by atoms with van der Waals surface area (Å²) in [5.74, 6) is -0.435. The number of nitrogens with one attached hydrogen (secondary N) is 1. The molecule has 0 aliphatic heterocycles. The molecule has 0 saturated heterocycles. The minimum atomic E-state index is -0.492. The van der Waals surface area contributed by atoms with Gasteiger partial charge in [-0.15, -0.1) is 0 Å². The first-order valence-corrected chi connectivity index (χ1v) is 6.14. The van der Waals surface area contributed by atoms with Crippen molar-refractivity contribution in [2.24, 2.45) is 0 Å². The van der Waals surface area contributed by atoms with Crippen molar-refractivity contribution in [3.05, 3.63) is 32.7 Å². The number of rotatable bonds is 2. The summed E-state index contributed by atoms with van der Waals surface area (Å²) in [4.78, 5) is 11.6. The van der Waals surface area contributed by atoms with Crippen LogP contribution in [0.4, 0.5) is 5.69 Å². The van der Waals surface area contributed by atoms with Crippen molar-refractivity contribution in [1.29, 1.82) is 5.26 Å². The third-order valence-corrected chi connectivity index (χ3v) is 3.23. The monoisotopic (exact) mass is 358 g/mol. The van der Waals surface area contributed by atoms with E-state index in [1.54, 1.807) is 19.1 Å². The number of hydrogen-bond donors (Lipinski definition) is 2. The van der Waals surface area contributed by atoms with Gasteiger partial charge in [-0.2, -0.15) is 5.26 Å². The molecule has 0 bridgehead atoms. The van der Waals surface area contributed by atoms with Crippen LogP contribution in [0.1, 0.15) is 6.92 Å². The van der Waals surface area contributed by atoms with Crippen molar-refractivity contribution in [2.75, 3.05) is 5.32 Å². The van der Waals surface area contributed by atoms with Crippen molar-refractivity contribution in [3.63, 3.8) is 0 Å². The van der Waals surface area contributed by atoms with Crippen molar-refractivity contribution in [1.82, 2.24) is 0 Å². The van der Waals surface area contributed by atoms with Crippen LogP contribution in [0.25, 0.3) is 0 Å². The number of nitriles is 1. The quantitative estimate of drug-likeness (QED) is 0.483. The fraction of sp³-hybridized carbons (Fsp3) is 0.0909. The minimum absolute atomic E-state index is 0.0288. The first kappa shape index (κ1) is 13.7. The number of nitrogens with zero attached hydrogens (tertiary/aromatic N) is 1. The molecule has 0 spiro atoms. The SMILES string of the molecule is CC=C(C#N)C(=O)Nc1cc(Br)c(O)cc1Br. The van der Waals surface area contributed by atoms with Crippen LogP contribution in [-0.4, -0.2) is 11.0 Å². The summed E-state index contributed by atoms with van der Waals surface area (Å²) < 4.78 is 0.981. The van der Waals surface area contributed by atoms with Crippen LogP contribution in [0.2, 0.25) is 0 Å². The largest absolute Gasteiger partial charge is 0.507 e. The van der Waals surface area contributed by atoms with Gasteiger partial charge in [0.25, 0.3) is 5.91 Å². The number of benzene rings is 1. The Morgan fingerprint density at radius 2 is 2.12 bits per heavy atom. The number of aromatic hydroxyl groups is 1. The first-order chi connectivity index (χ1) is 7.99. The Bertz CT molecular complexity index is 533. The van der Waals surface area contributed by atoms with E-state index in [1.807, 2.05) is 0 Å². The van der Waals surface area contributed by atoms with E-state index in [0.717, 1.165) is 0 Å². The Kier molecular flexibility index (Phi) is 4.73. The van der Waals surface area contributed by atoms with E-state index in [2.05, 4.69) is 37.2 Å². The van der Waals surface area contributed by atoms with E-state index in [4.69, 9.17) is 5.26 Å². The molecule has 17 heavy (non-hydrogen) atoms. The van der Waals surface area contributed by atoms with E-state index >= 15 is 0 Å².